The third kappa shape index (κ3) is 1.60. The fourth-order valence-electron chi connectivity index (χ4n) is 2.89. The number of rotatable bonds is 3. The molecule has 0 aliphatic carbocycles. The van der Waals surface area contributed by atoms with Crippen molar-refractivity contribution < 1.29 is 9.59 Å². The van der Waals surface area contributed by atoms with E-state index < -0.39 is 0 Å². The van der Waals surface area contributed by atoms with Crippen molar-refractivity contribution in [2.24, 2.45) is 0 Å². The van der Waals surface area contributed by atoms with E-state index in [2.05, 4.69) is 6.92 Å². The Bertz CT molecular complexity index is 303. The highest BCUT2D eigenvalue weighted by Gasteiger charge is 2.46. The number of amides is 2. The first-order chi connectivity index (χ1) is 7.70. The van der Waals surface area contributed by atoms with Crippen molar-refractivity contribution in [2.45, 2.75) is 51.6 Å². The van der Waals surface area contributed by atoms with E-state index >= 15 is 0 Å². The summed E-state index contributed by atoms with van der Waals surface area (Å²) in [5.41, 5.74) is 0. The molecule has 2 saturated heterocycles. The smallest absolute Gasteiger partial charge is 0.246 e. The second kappa shape index (κ2) is 4.44. The van der Waals surface area contributed by atoms with E-state index in [1.807, 2.05) is 6.92 Å². The molecule has 2 atom stereocenters. The maximum absolute atomic E-state index is 12.2. The summed E-state index contributed by atoms with van der Waals surface area (Å²) in [4.78, 5) is 28.0. The van der Waals surface area contributed by atoms with E-state index in [-0.39, 0.29) is 23.9 Å². The number of fused-ring (bicyclic) bond motifs is 1. The van der Waals surface area contributed by atoms with Gasteiger partial charge in [0.1, 0.15) is 12.1 Å². The van der Waals surface area contributed by atoms with Crippen molar-refractivity contribution in [3.8, 4) is 0 Å². The van der Waals surface area contributed by atoms with Gasteiger partial charge in [0.25, 0.3) is 0 Å². The molecule has 2 heterocycles. The van der Waals surface area contributed by atoms with E-state index in [1.54, 1.807) is 9.80 Å². The van der Waals surface area contributed by atoms with Crippen LogP contribution in [-0.4, -0.2) is 46.8 Å². The molecule has 2 unspecified atom stereocenters. The highest BCUT2D eigenvalue weighted by molar-refractivity contribution is 5.97. The molecular formula is C12H20N2O2. The molecule has 2 fully saturated rings. The fourth-order valence-corrected chi connectivity index (χ4v) is 2.89. The molecule has 2 amide bonds. The van der Waals surface area contributed by atoms with E-state index in [9.17, 15) is 9.59 Å². The average Bonchev–Trinajstić information content (AvgIpc) is 2.75. The van der Waals surface area contributed by atoms with Gasteiger partial charge in [-0.3, -0.25) is 9.59 Å². The van der Waals surface area contributed by atoms with Gasteiger partial charge in [0.05, 0.1) is 0 Å². The Morgan fingerprint density at radius 1 is 1.25 bits per heavy atom. The zero-order valence-electron chi connectivity index (χ0n) is 10.1. The predicted molar refractivity (Wildman–Crippen MR) is 60.8 cm³/mol. The molecule has 90 valence electrons. The molecule has 0 saturated carbocycles. The third-order valence-electron chi connectivity index (χ3n) is 3.67. The molecule has 0 aromatic heterocycles. The number of carbonyl (C=O) groups excluding carboxylic acids is 2. The average molecular weight is 224 g/mol. The van der Waals surface area contributed by atoms with Gasteiger partial charge < -0.3 is 9.80 Å². The number of hydrogen-bond acceptors (Lipinski definition) is 2. The lowest BCUT2D eigenvalue weighted by atomic mass is 10.0. The highest BCUT2D eigenvalue weighted by atomic mass is 16.2. The minimum absolute atomic E-state index is 0.152. The van der Waals surface area contributed by atoms with Crippen molar-refractivity contribution in [3.63, 3.8) is 0 Å². The molecule has 0 spiro atoms. The topological polar surface area (TPSA) is 40.6 Å². The van der Waals surface area contributed by atoms with Gasteiger partial charge in [-0.25, -0.2) is 0 Å². The summed E-state index contributed by atoms with van der Waals surface area (Å²) in [5, 5.41) is 0. The Kier molecular flexibility index (Phi) is 3.17. The van der Waals surface area contributed by atoms with E-state index in [0.29, 0.717) is 6.54 Å². The molecular weight excluding hydrogens is 204 g/mol. The van der Waals surface area contributed by atoms with Crippen LogP contribution in [-0.2, 0) is 9.59 Å². The van der Waals surface area contributed by atoms with Crippen LogP contribution in [0.4, 0.5) is 0 Å². The van der Waals surface area contributed by atoms with Crippen molar-refractivity contribution >= 4 is 11.8 Å². The maximum Gasteiger partial charge on any atom is 0.246 e. The summed E-state index contributed by atoms with van der Waals surface area (Å²) >= 11 is 0. The Hall–Kier alpha value is -1.06. The van der Waals surface area contributed by atoms with Crippen molar-refractivity contribution in [1.29, 1.82) is 0 Å². The zero-order valence-corrected chi connectivity index (χ0v) is 10.1. The maximum atomic E-state index is 12.2. The van der Waals surface area contributed by atoms with Crippen LogP contribution in [0.25, 0.3) is 0 Å². The largest absolute Gasteiger partial charge is 0.329 e. The van der Waals surface area contributed by atoms with Gasteiger partial charge >= 0.3 is 0 Å². The molecule has 0 radical (unpaired) electrons. The van der Waals surface area contributed by atoms with Crippen molar-refractivity contribution in [2.75, 3.05) is 13.1 Å². The van der Waals surface area contributed by atoms with Gasteiger partial charge in [-0.2, -0.15) is 0 Å². The standard InChI is InChI=1S/C12H20N2O2/c1-3-6-9-12(16)14-8-5-7-10(14)11(15)13(9)4-2/h9-10H,3-8H2,1-2H3. The Morgan fingerprint density at radius 3 is 2.62 bits per heavy atom. The molecule has 0 aromatic carbocycles. The molecule has 0 N–H and O–H groups in total. The highest BCUT2D eigenvalue weighted by Crippen LogP contribution is 2.28. The predicted octanol–water partition coefficient (Wildman–Crippen LogP) is 1.01. The van der Waals surface area contributed by atoms with Crippen LogP contribution >= 0.6 is 0 Å². The SMILES string of the molecule is CCCC1C(=O)N2CCCC2C(=O)N1CC. The summed E-state index contributed by atoms with van der Waals surface area (Å²) in [6.45, 7) is 5.44. The Balaban J connectivity index is 2.24. The lowest BCUT2D eigenvalue weighted by molar-refractivity contribution is -0.159. The van der Waals surface area contributed by atoms with Gasteiger partial charge in [-0.15, -0.1) is 0 Å². The van der Waals surface area contributed by atoms with Crippen LogP contribution in [0.5, 0.6) is 0 Å². The quantitative estimate of drug-likeness (QED) is 0.718. The summed E-state index contributed by atoms with van der Waals surface area (Å²) in [5.74, 6) is 0.337. The molecule has 2 aliphatic rings. The number of piperazine rings is 1. The number of hydrogen-bond donors (Lipinski definition) is 0. The van der Waals surface area contributed by atoms with Crippen molar-refractivity contribution in [1.82, 2.24) is 9.80 Å². The molecule has 16 heavy (non-hydrogen) atoms. The van der Waals surface area contributed by atoms with Crippen LogP contribution in [0.15, 0.2) is 0 Å². The molecule has 0 aromatic rings. The van der Waals surface area contributed by atoms with Crippen LogP contribution in [0.2, 0.25) is 0 Å². The first-order valence-electron chi connectivity index (χ1n) is 6.31. The van der Waals surface area contributed by atoms with Crippen LogP contribution in [0, 0.1) is 0 Å². The normalized spacial score (nSPS) is 29.9. The minimum atomic E-state index is -0.197. The van der Waals surface area contributed by atoms with Crippen LogP contribution in [0.1, 0.15) is 39.5 Å². The Labute approximate surface area is 96.6 Å². The fraction of sp³-hybridized carbons (Fsp3) is 0.833. The summed E-state index contributed by atoms with van der Waals surface area (Å²) in [7, 11) is 0. The molecule has 4 nitrogen and oxygen atoms in total. The summed E-state index contributed by atoms with van der Waals surface area (Å²) in [6, 6.07) is -0.350. The van der Waals surface area contributed by atoms with Gasteiger partial charge in [-0.05, 0) is 26.2 Å². The second-order valence-electron chi connectivity index (χ2n) is 4.62. The lowest BCUT2D eigenvalue weighted by Gasteiger charge is -2.41. The van der Waals surface area contributed by atoms with Crippen LogP contribution in [0.3, 0.4) is 0 Å². The van der Waals surface area contributed by atoms with E-state index in [1.165, 1.54) is 0 Å². The molecule has 2 rings (SSSR count). The lowest BCUT2D eigenvalue weighted by Crippen LogP contribution is -2.62. The third-order valence-corrected chi connectivity index (χ3v) is 3.67. The van der Waals surface area contributed by atoms with Gasteiger partial charge in [-0.1, -0.05) is 13.3 Å². The van der Waals surface area contributed by atoms with Gasteiger partial charge in [0, 0.05) is 13.1 Å². The van der Waals surface area contributed by atoms with E-state index in [0.717, 1.165) is 32.2 Å². The van der Waals surface area contributed by atoms with Crippen LogP contribution < -0.4 is 0 Å². The molecule has 4 heteroatoms. The second-order valence-corrected chi connectivity index (χ2v) is 4.62. The zero-order chi connectivity index (χ0) is 11.7. The number of nitrogens with zero attached hydrogens (tertiary/aromatic N) is 2. The summed E-state index contributed by atoms with van der Waals surface area (Å²) < 4.78 is 0. The first kappa shape index (κ1) is 11.4. The monoisotopic (exact) mass is 224 g/mol. The van der Waals surface area contributed by atoms with Gasteiger partial charge in [0.15, 0.2) is 0 Å². The van der Waals surface area contributed by atoms with E-state index in [4.69, 9.17) is 0 Å². The molecule has 0 bridgehead atoms. The first-order valence-corrected chi connectivity index (χ1v) is 6.31. The molecule has 2 aliphatic heterocycles. The summed E-state index contributed by atoms with van der Waals surface area (Å²) in [6.07, 6.45) is 3.55. The number of likely N-dealkylation sites (N-methyl/N-ethyl adjacent to an activating group) is 1. The van der Waals surface area contributed by atoms with Crippen molar-refractivity contribution in [3.05, 3.63) is 0 Å². The van der Waals surface area contributed by atoms with Gasteiger partial charge in [0.2, 0.25) is 11.8 Å². The minimum Gasteiger partial charge on any atom is -0.329 e. The number of carbonyl (C=O) groups is 2. The Morgan fingerprint density at radius 2 is 2.00 bits per heavy atom.